The SMILES string of the molecule is CCC(O)(CC)CNc1ccccc1S(=O)(=O)N(C)C. The molecule has 0 aliphatic carbocycles. The Bertz CT molecular complexity index is 537. The van der Waals surface area contributed by atoms with Crippen molar-refractivity contribution in [1.82, 2.24) is 4.31 Å². The van der Waals surface area contributed by atoms with E-state index < -0.39 is 15.6 Å². The second-order valence-corrected chi connectivity index (χ2v) is 7.19. The van der Waals surface area contributed by atoms with Crippen molar-refractivity contribution in [2.24, 2.45) is 0 Å². The minimum Gasteiger partial charge on any atom is -0.388 e. The zero-order valence-electron chi connectivity index (χ0n) is 12.5. The van der Waals surface area contributed by atoms with Gasteiger partial charge in [-0.15, -0.1) is 0 Å². The van der Waals surface area contributed by atoms with E-state index in [-0.39, 0.29) is 4.90 Å². The van der Waals surface area contributed by atoms with Crippen LogP contribution in [-0.4, -0.2) is 44.1 Å². The van der Waals surface area contributed by atoms with Crippen molar-refractivity contribution < 1.29 is 13.5 Å². The summed E-state index contributed by atoms with van der Waals surface area (Å²) in [5.41, 5.74) is -0.309. The molecule has 0 saturated heterocycles. The Hall–Kier alpha value is -1.11. The van der Waals surface area contributed by atoms with Gasteiger partial charge >= 0.3 is 0 Å². The number of hydrogen-bond acceptors (Lipinski definition) is 4. The third kappa shape index (κ3) is 3.71. The first-order chi connectivity index (χ1) is 9.27. The zero-order valence-corrected chi connectivity index (χ0v) is 13.4. The molecule has 6 heteroatoms. The number of rotatable bonds is 7. The van der Waals surface area contributed by atoms with Gasteiger partial charge in [0.15, 0.2) is 0 Å². The maximum Gasteiger partial charge on any atom is 0.244 e. The normalized spacial score (nSPS) is 12.7. The van der Waals surface area contributed by atoms with Crippen molar-refractivity contribution in [1.29, 1.82) is 0 Å². The van der Waals surface area contributed by atoms with Crippen LogP contribution in [0.3, 0.4) is 0 Å². The summed E-state index contributed by atoms with van der Waals surface area (Å²) in [7, 11) is -0.498. The van der Waals surface area contributed by atoms with E-state index in [1.165, 1.54) is 18.4 Å². The second-order valence-electron chi connectivity index (χ2n) is 5.07. The Labute approximate surface area is 121 Å². The monoisotopic (exact) mass is 300 g/mol. The molecule has 2 N–H and O–H groups in total. The van der Waals surface area contributed by atoms with Crippen LogP contribution in [0.5, 0.6) is 0 Å². The Balaban J connectivity index is 3.04. The van der Waals surface area contributed by atoms with Crippen LogP contribution in [0.2, 0.25) is 0 Å². The van der Waals surface area contributed by atoms with Crippen molar-refractivity contribution in [2.45, 2.75) is 37.2 Å². The number of nitrogens with one attached hydrogen (secondary N) is 1. The van der Waals surface area contributed by atoms with Gasteiger partial charge in [-0.3, -0.25) is 0 Å². The smallest absolute Gasteiger partial charge is 0.244 e. The van der Waals surface area contributed by atoms with E-state index in [1.54, 1.807) is 24.3 Å². The minimum absolute atomic E-state index is 0.222. The molecule has 1 rings (SSSR count). The van der Waals surface area contributed by atoms with E-state index in [4.69, 9.17) is 0 Å². The lowest BCUT2D eigenvalue weighted by Crippen LogP contribution is -2.36. The number of para-hydroxylation sites is 1. The highest BCUT2D eigenvalue weighted by Gasteiger charge is 2.24. The molecule has 0 amide bonds. The van der Waals surface area contributed by atoms with Crippen LogP contribution < -0.4 is 5.32 Å². The maximum atomic E-state index is 12.2. The minimum atomic E-state index is -3.50. The van der Waals surface area contributed by atoms with Gasteiger partial charge in [0.25, 0.3) is 0 Å². The van der Waals surface area contributed by atoms with E-state index >= 15 is 0 Å². The molecule has 20 heavy (non-hydrogen) atoms. The van der Waals surface area contributed by atoms with Gasteiger partial charge in [0.1, 0.15) is 4.90 Å². The quantitative estimate of drug-likeness (QED) is 0.807. The van der Waals surface area contributed by atoms with Crippen molar-refractivity contribution in [3.63, 3.8) is 0 Å². The lowest BCUT2D eigenvalue weighted by atomic mass is 9.97. The van der Waals surface area contributed by atoms with E-state index in [1.807, 2.05) is 13.8 Å². The average Bonchev–Trinajstić information content (AvgIpc) is 2.44. The Morgan fingerprint density at radius 2 is 1.75 bits per heavy atom. The van der Waals surface area contributed by atoms with Crippen molar-refractivity contribution in [3.05, 3.63) is 24.3 Å². The lowest BCUT2D eigenvalue weighted by Gasteiger charge is -2.26. The number of nitrogens with zero attached hydrogens (tertiary/aromatic N) is 1. The van der Waals surface area contributed by atoms with Crippen LogP contribution in [0.4, 0.5) is 5.69 Å². The summed E-state index contributed by atoms with van der Waals surface area (Å²) in [6.45, 7) is 4.14. The average molecular weight is 300 g/mol. The molecule has 0 spiro atoms. The highest BCUT2D eigenvalue weighted by Crippen LogP contribution is 2.24. The standard InChI is InChI=1S/C14H24N2O3S/c1-5-14(17,6-2)11-15-12-9-7-8-10-13(12)20(18,19)16(3)4/h7-10,15,17H,5-6,11H2,1-4H3. The van der Waals surface area contributed by atoms with Gasteiger partial charge in [-0.1, -0.05) is 26.0 Å². The molecule has 5 nitrogen and oxygen atoms in total. The third-order valence-corrected chi connectivity index (χ3v) is 5.44. The van der Waals surface area contributed by atoms with E-state index in [0.29, 0.717) is 25.1 Å². The molecule has 0 bridgehead atoms. The predicted molar refractivity (Wildman–Crippen MR) is 81.3 cm³/mol. The molecule has 0 unspecified atom stereocenters. The summed E-state index contributed by atoms with van der Waals surface area (Å²) in [5, 5.41) is 13.3. The first kappa shape index (κ1) is 16.9. The number of benzene rings is 1. The van der Waals surface area contributed by atoms with E-state index in [2.05, 4.69) is 5.32 Å². The number of hydrogen-bond donors (Lipinski definition) is 2. The van der Waals surface area contributed by atoms with Crippen LogP contribution in [0.15, 0.2) is 29.2 Å². The Morgan fingerprint density at radius 1 is 1.20 bits per heavy atom. The van der Waals surface area contributed by atoms with Gasteiger partial charge in [0.05, 0.1) is 11.3 Å². The fourth-order valence-electron chi connectivity index (χ4n) is 1.79. The molecule has 0 aliphatic heterocycles. The number of anilines is 1. The first-order valence-corrected chi connectivity index (χ1v) is 8.18. The van der Waals surface area contributed by atoms with Gasteiger partial charge in [0, 0.05) is 20.6 Å². The summed E-state index contributed by atoms with van der Waals surface area (Å²) in [4.78, 5) is 0.222. The first-order valence-electron chi connectivity index (χ1n) is 6.74. The summed E-state index contributed by atoms with van der Waals surface area (Å²) >= 11 is 0. The molecule has 0 saturated carbocycles. The molecule has 0 aromatic heterocycles. The summed E-state index contributed by atoms with van der Waals surface area (Å²) in [5.74, 6) is 0. The fraction of sp³-hybridized carbons (Fsp3) is 0.571. The second kappa shape index (κ2) is 6.56. The molecule has 1 aromatic carbocycles. The van der Waals surface area contributed by atoms with Gasteiger partial charge in [-0.2, -0.15) is 0 Å². The van der Waals surface area contributed by atoms with E-state index in [0.717, 1.165) is 0 Å². The van der Waals surface area contributed by atoms with Crippen LogP contribution in [0, 0.1) is 0 Å². The number of sulfonamides is 1. The molecular formula is C14H24N2O3S. The maximum absolute atomic E-state index is 12.2. The fourth-order valence-corrected chi connectivity index (χ4v) is 2.86. The lowest BCUT2D eigenvalue weighted by molar-refractivity contribution is 0.0456. The van der Waals surface area contributed by atoms with Crippen molar-refractivity contribution in [2.75, 3.05) is 26.0 Å². The third-order valence-electron chi connectivity index (χ3n) is 3.57. The molecule has 0 heterocycles. The van der Waals surface area contributed by atoms with Crippen molar-refractivity contribution >= 4 is 15.7 Å². The summed E-state index contributed by atoms with van der Waals surface area (Å²) in [6.07, 6.45) is 1.22. The number of aliphatic hydroxyl groups is 1. The van der Waals surface area contributed by atoms with Gasteiger partial charge in [0.2, 0.25) is 10.0 Å². The highest BCUT2D eigenvalue weighted by molar-refractivity contribution is 7.89. The van der Waals surface area contributed by atoms with Crippen molar-refractivity contribution in [3.8, 4) is 0 Å². The van der Waals surface area contributed by atoms with Gasteiger partial charge < -0.3 is 10.4 Å². The molecule has 1 aromatic rings. The van der Waals surface area contributed by atoms with Crippen LogP contribution in [0.25, 0.3) is 0 Å². The highest BCUT2D eigenvalue weighted by atomic mass is 32.2. The van der Waals surface area contributed by atoms with Crippen LogP contribution in [-0.2, 0) is 10.0 Å². The summed E-state index contributed by atoms with van der Waals surface area (Å²) in [6, 6.07) is 6.73. The predicted octanol–water partition coefficient (Wildman–Crippen LogP) is 1.90. The molecule has 0 aliphatic rings. The molecule has 0 radical (unpaired) electrons. The topological polar surface area (TPSA) is 69.6 Å². The largest absolute Gasteiger partial charge is 0.388 e. The van der Waals surface area contributed by atoms with Crippen LogP contribution >= 0.6 is 0 Å². The zero-order chi connectivity index (χ0) is 15.4. The van der Waals surface area contributed by atoms with Crippen LogP contribution in [0.1, 0.15) is 26.7 Å². The Kier molecular flexibility index (Phi) is 5.56. The van der Waals surface area contributed by atoms with E-state index in [9.17, 15) is 13.5 Å². The van der Waals surface area contributed by atoms with Gasteiger partial charge in [-0.25, -0.2) is 12.7 Å². The summed E-state index contributed by atoms with van der Waals surface area (Å²) < 4.78 is 25.7. The molecular weight excluding hydrogens is 276 g/mol. The molecule has 114 valence electrons. The molecule has 0 atom stereocenters. The molecule has 0 fully saturated rings. The van der Waals surface area contributed by atoms with Gasteiger partial charge in [-0.05, 0) is 25.0 Å². The Morgan fingerprint density at radius 3 is 2.25 bits per heavy atom.